The first kappa shape index (κ1) is 42.9. The molecule has 4 amide bonds. The zero-order valence-corrected chi connectivity index (χ0v) is 39.6. The van der Waals surface area contributed by atoms with Crippen LogP contribution in [0.15, 0.2) is 146 Å². The monoisotopic (exact) mass is 937 g/mol. The van der Waals surface area contributed by atoms with Gasteiger partial charge in [0.2, 0.25) is 0 Å². The van der Waals surface area contributed by atoms with Crippen molar-refractivity contribution in [3.05, 3.63) is 174 Å². The van der Waals surface area contributed by atoms with Gasteiger partial charge >= 0.3 is 0 Å². The van der Waals surface area contributed by atoms with Crippen LogP contribution in [0.5, 0.6) is 0 Å². The summed E-state index contributed by atoms with van der Waals surface area (Å²) < 4.78 is 8.39. The largest absolute Gasteiger partial charge is 0.350 e. The predicted octanol–water partition coefficient (Wildman–Crippen LogP) is 8.91. The van der Waals surface area contributed by atoms with E-state index in [-0.39, 0.29) is 34.4 Å². The number of amides is 4. The zero-order chi connectivity index (χ0) is 48.1. The SMILES string of the molecule is Cn1cc(C2=C(c3cn(C4CCNCC4)c4ccccc34)C(=O)N(N3C(=O)C(c4cn(C)c5ccccc45)=C(c4cn(C5CCN(Cc6ccccn6)CC5)c5ccccc45)C3=O)C2=O)c2ccccc21. The summed E-state index contributed by atoms with van der Waals surface area (Å²) >= 11 is 0. The molecule has 1 N–H and O–H groups in total. The van der Waals surface area contributed by atoms with Gasteiger partial charge in [0.15, 0.2) is 0 Å². The molecule has 5 aromatic heterocycles. The van der Waals surface area contributed by atoms with Crippen molar-refractivity contribution < 1.29 is 19.2 Å². The fourth-order valence-corrected chi connectivity index (χ4v) is 12.1. The van der Waals surface area contributed by atoms with Crippen LogP contribution in [0.2, 0.25) is 0 Å². The van der Waals surface area contributed by atoms with Gasteiger partial charge in [0.05, 0.1) is 28.0 Å². The molecule has 2 fully saturated rings. The van der Waals surface area contributed by atoms with Crippen LogP contribution in [-0.4, -0.2) is 88.0 Å². The van der Waals surface area contributed by atoms with Crippen molar-refractivity contribution in [2.24, 2.45) is 14.1 Å². The summed E-state index contributed by atoms with van der Waals surface area (Å²) in [5.74, 6) is -2.94. The molecule has 9 aromatic rings. The van der Waals surface area contributed by atoms with Crippen molar-refractivity contribution in [1.29, 1.82) is 0 Å². The number of rotatable bonds is 9. The quantitative estimate of drug-likeness (QED) is 0.144. The van der Waals surface area contributed by atoms with Crippen LogP contribution >= 0.6 is 0 Å². The number of para-hydroxylation sites is 4. The number of imide groups is 2. The molecule has 0 spiro atoms. The Morgan fingerprint density at radius 2 is 0.845 bits per heavy atom. The first-order chi connectivity index (χ1) is 34.7. The van der Waals surface area contributed by atoms with Gasteiger partial charge in [-0.05, 0) is 75.2 Å². The number of pyridine rings is 1. The third kappa shape index (κ3) is 6.70. The predicted molar refractivity (Wildman–Crippen MR) is 276 cm³/mol. The summed E-state index contributed by atoms with van der Waals surface area (Å²) in [6, 6.07) is 37.8. The minimum absolute atomic E-state index is 0.113. The van der Waals surface area contributed by atoms with Crippen LogP contribution in [0.25, 0.3) is 65.9 Å². The van der Waals surface area contributed by atoms with Gasteiger partial charge < -0.3 is 23.6 Å². The molecule has 71 heavy (non-hydrogen) atoms. The van der Waals surface area contributed by atoms with Crippen molar-refractivity contribution in [2.45, 2.75) is 44.3 Å². The molecule has 4 aromatic carbocycles. The summed E-state index contributed by atoms with van der Waals surface area (Å²) in [5.41, 5.74) is 7.51. The molecule has 0 unspecified atom stereocenters. The number of hydrazine groups is 1. The molecule has 0 bridgehead atoms. The second-order valence-electron chi connectivity index (χ2n) is 19.4. The third-order valence-corrected chi connectivity index (χ3v) is 15.4. The summed E-state index contributed by atoms with van der Waals surface area (Å²) in [5, 5.41) is 8.31. The molecule has 0 aliphatic carbocycles. The van der Waals surface area contributed by atoms with E-state index in [1.165, 1.54) is 0 Å². The number of carbonyl (C=O) groups is 4. The number of nitrogens with one attached hydrogen (secondary N) is 1. The number of aryl methyl sites for hydroxylation is 2. The van der Waals surface area contributed by atoms with E-state index in [1.54, 1.807) is 0 Å². The number of nitrogens with zero attached hydrogens (tertiary/aromatic N) is 8. The molecule has 13 rings (SSSR count). The number of benzene rings is 4. The van der Waals surface area contributed by atoms with E-state index in [1.807, 2.05) is 151 Å². The average molecular weight is 938 g/mol. The van der Waals surface area contributed by atoms with Crippen LogP contribution in [0.4, 0.5) is 0 Å². The number of hydrogen-bond donors (Lipinski definition) is 1. The molecular weight excluding hydrogens is 887 g/mol. The lowest BCUT2D eigenvalue weighted by Crippen LogP contribution is -2.51. The molecule has 2 saturated heterocycles. The summed E-state index contributed by atoms with van der Waals surface area (Å²) in [6.07, 6.45) is 13.1. The minimum Gasteiger partial charge on any atom is -0.350 e. The Kier molecular flexibility index (Phi) is 10.1. The highest BCUT2D eigenvalue weighted by Crippen LogP contribution is 2.48. The molecule has 9 heterocycles. The topological polar surface area (TPSA) is 123 Å². The molecule has 0 saturated carbocycles. The Labute approximate surface area is 409 Å². The lowest BCUT2D eigenvalue weighted by Gasteiger charge is -2.33. The molecule has 13 nitrogen and oxygen atoms in total. The first-order valence-electron chi connectivity index (χ1n) is 24.6. The van der Waals surface area contributed by atoms with E-state index in [4.69, 9.17) is 0 Å². The molecule has 13 heteroatoms. The number of piperidine rings is 2. The maximum atomic E-state index is 15.9. The minimum atomic E-state index is -0.738. The van der Waals surface area contributed by atoms with Crippen molar-refractivity contribution in [1.82, 2.24) is 43.5 Å². The van der Waals surface area contributed by atoms with Crippen LogP contribution in [-0.2, 0) is 39.8 Å². The second-order valence-corrected chi connectivity index (χ2v) is 19.4. The van der Waals surface area contributed by atoms with Gasteiger partial charge in [0, 0.05) is 143 Å². The van der Waals surface area contributed by atoms with E-state index in [9.17, 15) is 0 Å². The normalized spacial score (nSPS) is 17.9. The summed E-state index contributed by atoms with van der Waals surface area (Å²) in [6.45, 7) is 4.22. The average Bonchev–Trinajstić information content (AvgIpc) is 4.24. The van der Waals surface area contributed by atoms with E-state index < -0.39 is 23.6 Å². The smallest absolute Gasteiger partial charge is 0.281 e. The second kappa shape index (κ2) is 16.8. The van der Waals surface area contributed by atoms with E-state index in [2.05, 4.69) is 42.5 Å². The highest BCUT2D eigenvalue weighted by atomic mass is 16.2. The van der Waals surface area contributed by atoms with Gasteiger partial charge in [-0.25, -0.2) is 0 Å². The highest BCUT2D eigenvalue weighted by molar-refractivity contribution is 6.55. The van der Waals surface area contributed by atoms with Crippen molar-refractivity contribution in [3.8, 4) is 0 Å². The lowest BCUT2D eigenvalue weighted by molar-refractivity contribution is -0.168. The van der Waals surface area contributed by atoms with Gasteiger partial charge in [-0.15, -0.1) is 0 Å². The maximum Gasteiger partial charge on any atom is 0.281 e. The van der Waals surface area contributed by atoms with Gasteiger partial charge in [-0.1, -0.05) is 78.9 Å². The van der Waals surface area contributed by atoms with E-state index in [0.29, 0.717) is 22.3 Å². The van der Waals surface area contributed by atoms with Gasteiger partial charge in [0.25, 0.3) is 23.6 Å². The van der Waals surface area contributed by atoms with E-state index >= 15 is 19.2 Å². The fraction of sp³-hybridized carbons (Fsp3) is 0.224. The van der Waals surface area contributed by atoms with Gasteiger partial charge in [0.1, 0.15) is 0 Å². The highest BCUT2D eigenvalue weighted by Gasteiger charge is 2.53. The molecule has 4 aliphatic heterocycles. The van der Waals surface area contributed by atoms with Crippen LogP contribution in [0.3, 0.4) is 0 Å². The van der Waals surface area contributed by atoms with E-state index in [0.717, 1.165) is 118 Å². The van der Waals surface area contributed by atoms with Crippen molar-refractivity contribution in [2.75, 3.05) is 26.2 Å². The lowest BCUT2D eigenvalue weighted by atomic mass is 9.95. The van der Waals surface area contributed by atoms with Crippen molar-refractivity contribution in [3.63, 3.8) is 0 Å². The third-order valence-electron chi connectivity index (χ3n) is 15.4. The standard InChI is InChI=1S/C58H51N9O4/c1-61-32-43(39-14-3-7-18-47(39)61)51-53(45-34-64(37-22-27-59-28-23-37)49-20-9-5-16-41(45)49)57(70)66(55(51)68)67-56(69)52(44-33-62(2)48-19-8-4-15-40(44)48)54(58(67)71)46-35-65(50-21-10-6-17-42(46)50)38-24-29-63(30-25-38)31-36-13-11-12-26-60-36/h3-21,26,32-35,37-38,59H,22-25,27-31H2,1-2H3. The van der Waals surface area contributed by atoms with Crippen LogP contribution in [0, 0.1) is 0 Å². The Morgan fingerprint density at radius 3 is 1.28 bits per heavy atom. The summed E-state index contributed by atoms with van der Waals surface area (Å²) in [7, 11) is 3.83. The Balaban J connectivity index is 0.964. The molecular formula is C58H51N9O4. The van der Waals surface area contributed by atoms with Crippen molar-refractivity contribution >= 4 is 89.5 Å². The molecule has 0 radical (unpaired) electrons. The maximum absolute atomic E-state index is 15.9. The Morgan fingerprint density at radius 1 is 0.465 bits per heavy atom. The van der Waals surface area contributed by atoms with Gasteiger partial charge in [-0.3, -0.25) is 29.1 Å². The summed E-state index contributed by atoms with van der Waals surface area (Å²) in [4.78, 5) is 70.4. The Hall–Kier alpha value is -8.13. The number of likely N-dealkylation sites (tertiary alicyclic amines) is 1. The number of fused-ring (bicyclic) bond motifs is 4. The molecule has 352 valence electrons. The number of hydrogen-bond acceptors (Lipinski definition) is 7. The van der Waals surface area contributed by atoms with Gasteiger partial charge in [-0.2, -0.15) is 10.0 Å². The molecule has 0 atom stereocenters. The number of carbonyl (C=O) groups excluding carboxylic acids is 4. The first-order valence-corrected chi connectivity index (χ1v) is 24.6. The fourth-order valence-electron chi connectivity index (χ4n) is 12.1. The van der Waals surface area contributed by atoms with Crippen LogP contribution in [0.1, 0.15) is 65.7 Å². The Bertz CT molecular complexity index is 3760. The van der Waals surface area contributed by atoms with Crippen LogP contribution < -0.4 is 5.32 Å². The zero-order valence-electron chi connectivity index (χ0n) is 39.6. The molecule has 4 aliphatic rings. The number of aromatic nitrogens is 5.